The van der Waals surface area contributed by atoms with Crippen LogP contribution in [0.25, 0.3) is 11.2 Å². The quantitative estimate of drug-likeness (QED) is 0.733. The lowest BCUT2D eigenvalue weighted by Crippen LogP contribution is -2.06. The normalized spacial score (nSPS) is 11.2. The van der Waals surface area contributed by atoms with E-state index in [0.717, 1.165) is 24.1 Å². The molecule has 3 aromatic heterocycles. The Balaban J connectivity index is 1.93. The van der Waals surface area contributed by atoms with Crippen LogP contribution in [0.1, 0.15) is 5.69 Å². The van der Waals surface area contributed by atoms with E-state index in [1.54, 1.807) is 6.20 Å². The van der Waals surface area contributed by atoms with Crippen LogP contribution in [-0.2, 0) is 20.0 Å². The minimum absolute atomic E-state index is 0.714. The first kappa shape index (κ1) is 11.2. The van der Waals surface area contributed by atoms with Gasteiger partial charge in [-0.25, -0.2) is 4.98 Å². The summed E-state index contributed by atoms with van der Waals surface area (Å²) in [6.07, 6.45) is 4.47. The van der Waals surface area contributed by atoms with Gasteiger partial charge in [0.2, 0.25) is 0 Å². The van der Waals surface area contributed by atoms with Gasteiger partial charge in [0.25, 0.3) is 0 Å². The van der Waals surface area contributed by atoms with E-state index >= 15 is 0 Å². The van der Waals surface area contributed by atoms with Gasteiger partial charge in [0.05, 0.1) is 5.52 Å². The molecule has 0 amide bonds. The van der Waals surface area contributed by atoms with Gasteiger partial charge < -0.3 is 9.55 Å². The highest BCUT2D eigenvalue weighted by Crippen LogP contribution is 2.11. The molecule has 5 nitrogen and oxygen atoms in total. The standard InChI is InChI=1S/C12H13N5S/c1-16-9(4-7-14-16)5-8-17-11-10(15-12(17)18)3-2-6-13-11/h2-4,6-7H,5,8H2,1H3,(H,15,18). The molecule has 6 heteroatoms. The molecule has 0 saturated heterocycles. The van der Waals surface area contributed by atoms with E-state index in [4.69, 9.17) is 12.2 Å². The summed E-state index contributed by atoms with van der Waals surface area (Å²) in [4.78, 5) is 7.53. The largest absolute Gasteiger partial charge is 0.329 e. The van der Waals surface area contributed by atoms with Crippen molar-refractivity contribution in [1.29, 1.82) is 0 Å². The highest BCUT2D eigenvalue weighted by atomic mass is 32.1. The van der Waals surface area contributed by atoms with Crippen LogP contribution in [0.15, 0.2) is 30.6 Å². The van der Waals surface area contributed by atoms with Crippen LogP contribution < -0.4 is 0 Å². The molecule has 0 saturated carbocycles. The summed E-state index contributed by atoms with van der Waals surface area (Å²) < 4.78 is 4.62. The molecule has 0 radical (unpaired) electrons. The Hall–Kier alpha value is -1.95. The fourth-order valence-electron chi connectivity index (χ4n) is 2.07. The van der Waals surface area contributed by atoms with Gasteiger partial charge in [-0.2, -0.15) is 5.10 Å². The fraction of sp³-hybridized carbons (Fsp3) is 0.250. The summed E-state index contributed by atoms with van der Waals surface area (Å²) in [6.45, 7) is 0.801. The van der Waals surface area contributed by atoms with Gasteiger partial charge in [-0.3, -0.25) is 4.68 Å². The van der Waals surface area contributed by atoms with Crippen molar-refractivity contribution in [2.75, 3.05) is 0 Å². The summed E-state index contributed by atoms with van der Waals surface area (Å²) >= 11 is 5.33. The van der Waals surface area contributed by atoms with Crippen LogP contribution in [0, 0.1) is 4.77 Å². The van der Waals surface area contributed by atoms with Gasteiger partial charge in [-0.05, 0) is 30.4 Å². The van der Waals surface area contributed by atoms with Gasteiger partial charge in [-0.15, -0.1) is 0 Å². The van der Waals surface area contributed by atoms with Crippen LogP contribution in [0.5, 0.6) is 0 Å². The zero-order valence-corrected chi connectivity index (χ0v) is 10.8. The van der Waals surface area contributed by atoms with Crippen molar-refractivity contribution in [3.05, 3.63) is 41.1 Å². The van der Waals surface area contributed by atoms with Crippen LogP contribution in [0.3, 0.4) is 0 Å². The maximum atomic E-state index is 5.33. The van der Waals surface area contributed by atoms with Crippen molar-refractivity contribution >= 4 is 23.4 Å². The summed E-state index contributed by atoms with van der Waals surface area (Å²) in [5.41, 5.74) is 3.07. The molecule has 18 heavy (non-hydrogen) atoms. The van der Waals surface area contributed by atoms with E-state index in [0.29, 0.717) is 4.77 Å². The van der Waals surface area contributed by atoms with Crippen molar-refractivity contribution in [3.63, 3.8) is 0 Å². The Labute approximate surface area is 109 Å². The number of aromatic nitrogens is 5. The number of rotatable bonds is 3. The highest BCUT2D eigenvalue weighted by Gasteiger charge is 2.06. The zero-order valence-electron chi connectivity index (χ0n) is 10.00. The molecule has 1 N–H and O–H groups in total. The van der Waals surface area contributed by atoms with Gasteiger partial charge in [0, 0.05) is 38.1 Å². The predicted molar refractivity (Wildman–Crippen MR) is 71.8 cm³/mol. The maximum Gasteiger partial charge on any atom is 0.179 e. The van der Waals surface area contributed by atoms with Gasteiger partial charge in [0.15, 0.2) is 10.4 Å². The summed E-state index contributed by atoms with van der Waals surface area (Å²) in [7, 11) is 1.95. The Morgan fingerprint density at radius 3 is 3.00 bits per heavy atom. The smallest absolute Gasteiger partial charge is 0.179 e. The molecule has 0 spiro atoms. The summed E-state index contributed by atoms with van der Waals surface area (Å²) in [5, 5.41) is 4.16. The number of imidazole rings is 1. The molecule has 0 fully saturated rings. The van der Waals surface area contributed by atoms with Gasteiger partial charge >= 0.3 is 0 Å². The Morgan fingerprint density at radius 1 is 1.33 bits per heavy atom. The Kier molecular flexibility index (Phi) is 2.71. The van der Waals surface area contributed by atoms with E-state index in [1.165, 1.54) is 5.69 Å². The number of pyridine rings is 1. The third kappa shape index (κ3) is 1.84. The first-order valence-corrected chi connectivity index (χ1v) is 6.17. The lowest BCUT2D eigenvalue weighted by Gasteiger charge is -2.04. The van der Waals surface area contributed by atoms with E-state index in [1.807, 2.05) is 40.7 Å². The predicted octanol–water partition coefficient (Wildman–Crippen LogP) is 2.07. The van der Waals surface area contributed by atoms with Crippen molar-refractivity contribution in [2.45, 2.75) is 13.0 Å². The average Bonchev–Trinajstić information content (AvgIpc) is 2.90. The Bertz CT molecular complexity index is 736. The second kappa shape index (κ2) is 4.38. The number of fused-ring (bicyclic) bond motifs is 1. The highest BCUT2D eigenvalue weighted by molar-refractivity contribution is 7.71. The molecule has 92 valence electrons. The molecule has 0 bridgehead atoms. The number of nitrogens with zero attached hydrogens (tertiary/aromatic N) is 4. The number of aryl methyl sites for hydroxylation is 3. The third-order valence-corrected chi connectivity index (χ3v) is 3.37. The van der Waals surface area contributed by atoms with Crippen LogP contribution >= 0.6 is 12.2 Å². The zero-order chi connectivity index (χ0) is 12.5. The SMILES string of the molecule is Cn1nccc1CCn1c(=S)[nH]c2cccnc21. The first-order valence-electron chi connectivity index (χ1n) is 5.76. The Morgan fingerprint density at radius 2 is 2.22 bits per heavy atom. The summed E-state index contributed by atoms with van der Waals surface area (Å²) in [6, 6.07) is 5.91. The van der Waals surface area contributed by atoms with Crippen LogP contribution in [0.2, 0.25) is 0 Å². The fourth-order valence-corrected chi connectivity index (χ4v) is 2.36. The molecular weight excluding hydrogens is 246 g/mol. The molecule has 3 heterocycles. The number of hydrogen-bond acceptors (Lipinski definition) is 3. The maximum absolute atomic E-state index is 5.33. The molecule has 0 aromatic carbocycles. The minimum atomic E-state index is 0.714. The molecular formula is C12H13N5S. The summed E-state index contributed by atoms with van der Waals surface area (Å²) in [5.74, 6) is 0. The van der Waals surface area contributed by atoms with Gasteiger partial charge in [-0.1, -0.05) is 0 Å². The van der Waals surface area contributed by atoms with E-state index in [-0.39, 0.29) is 0 Å². The van der Waals surface area contributed by atoms with Crippen molar-refractivity contribution in [2.24, 2.45) is 7.05 Å². The first-order chi connectivity index (χ1) is 8.75. The van der Waals surface area contributed by atoms with Gasteiger partial charge in [0.1, 0.15) is 0 Å². The topological polar surface area (TPSA) is 51.4 Å². The number of H-pyrrole nitrogens is 1. The monoisotopic (exact) mass is 259 g/mol. The molecule has 0 aliphatic heterocycles. The third-order valence-electron chi connectivity index (χ3n) is 3.04. The van der Waals surface area contributed by atoms with Crippen molar-refractivity contribution < 1.29 is 0 Å². The van der Waals surface area contributed by atoms with Crippen molar-refractivity contribution in [3.8, 4) is 0 Å². The molecule has 0 atom stereocenters. The molecule has 3 rings (SSSR count). The minimum Gasteiger partial charge on any atom is -0.329 e. The second-order valence-corrected chi connectivity index (χ2v) is 4.54. The number of hydrogen-bond donors (Lipinski definition) is 1. The van der Waals surface area contributed by atoms with E-state index in [2.05, 4.69) is 15.1 Å². The van der Waals surface area contributed by atoms with Crippen LogP contribution in [-0.4, -0.2) is 24.3 Å². The average molecular weight is 259 g/mol. The molecule has 0 unspecified atom stereocenters. The number of aromatic amines is 1. The van der Waals surface area contributed by atoms with E-state index in [9.17, 15) is 0 Å². The van der Waals surface area contributed by atoms with E-state index < -0.39 is 0 Å². The second-order valence-electron chi connectivity index (χ2n) is 4.15. The molecule has 0 aliphatic carbocycles. The lowest BCUT2D eigenvalue weighted by atomic mass is 10.3. The molecule has 0 aliphatic rings. The lowest BCUT2D eigenvalue weighted by molar-refractivity contribution is 0.639. The molecule has 3 aromatic rings. The number of nitrogens with one attached hydrogen (secondary N) is 1. The van der Waals surface area contributed by atoms with Crippen LogP contribution in [0.4, 0.5) is 0 Å². The van der Waals surface area contributed by atoms with Crippen molar-refractivity contribution in [1.82, 2.24) is 24.3 Å².